The molecule has 0 aromatic heterocycles. The minimum absolute atomic E-state index is 0.0832. The highest BCUT2D eigenvalue weighted by atomic mass is 19.3. The Morgan fingerprint density at radius 1 is 0.632 bits per heavy atom. The molecule has 2 nitrogen and oxygen atoms in total. The van der Waals surface area contributed by atoms with Crippen LogP contribution in [0.5, 0.6) is 5.75 Å². The molecule has 0 unspecified atom stereocenters. The fourth-order valence-corrected chi connectivity index (χ4v) is 4.38. The van der Waals surface area contributed by atoms with Gasteiger partial charge in [-0.25, -0.2) is 26.3 Å². The largest absolute Gasteiger partial charge is 0.429 e. The van der Waals surface area contributed by atoms with Crippen LogP contribution in [0, 0.1) is 34.9 Å². The lowest BCUT2D eigenvalue weighted by Crippen LogP contribution is -2.31. The Kier molecular flexibility index (Phi) is 7.64. The van der Waals surface area contributed by atoms with E-state index >= 15 is 0 Å². The van der Waals surface area contributed by atoms with Gasteiger partial charge < -0.3 is 9.47 Å². The SMILES string of the molecule is Fc1ccccc1C(F)(F)Oc1cc(F)c(C(F)(F)OC2CCC(c3cc(F)c(F)c(F)c3)CC2)c(F)c1. The van der Waals surface area contributed by atoms with Gasteiger partial charge in [0.15, 0.2) is 17.5 Å². The van der Waals surface area contributed by atoms with E-state index in [9.17, 15) is 43.9 Å². The predicted octanol–water partition coefficient (Wildman–Crippen LogP) is 8.44. The quantitative estimate of drug-likeness (QED) is 0.216. The van der Waals surface area contributed by atoms with Crippen molar-refractivity contribution >= 4 is 0 Å². The minimum Gasteiger partial charge on any atom is -0.429 e. The summed E-state index contributed by atoms with van der Waals surface area (Å²) in [6.07, 6.45) is -10.1. The van der Waals surface area contributed by atoms with Crippen LogP contribution in [0.25, 0.3) is 0 Å². The Morgan fingerprint density at radius 3 is 1.74 bits per heavy atom. The number of ether oxygens (including phenoxy) is 2. The third-order valence-corrected chi connectivity index (χ3v) is 6.21. The Labute approximate surface area is 209 Å². The third kappa shape index (κ3) is 5.74. The van der Waals surface area contributed by atoms with Crippen LogP contribution in [-0.2, 0) is 17.0 Å². The lowest BCUT2D eigenvalue weighted by molar-refractivity contribution is -0.280. The molecule has 1 aliphatic carbocycles. The Bertz CT molecular complexity index is 1270. The number of hydrogen-bond acceptors (Lipinski definition) is 2. The first-order chi connectivity index (χ1) is 17.8. The van der Waals surface area contributed by atoms with E-state index in [0.29, 0.717) is 12.1 Å². The molecule has 1 saturated carbocycles. The molecule has 3 aromatic carbocycles. The van der Waals surface area contributed by atoms with E-state index in [-0.39, 0.29) is 43.4 Å². The highest BCUT2D eigenvalue weighted by Crippen LogP contribution is 2.42. The average molecular weight is 552 g/mol. The van der Waals surface area contributed by atoms with Gasteiger partial charge in [0.05, 0.1) is 11.7 Å². The van der Waals surface area contributed by atoms with Crippen molar-refractivity contribution in [1.29, 1.82) is 0 Å². The topological polar surface area (TPSA) is 18.5 Å². The Morgan fingerprint density at radius 2 is 1.18 bits per heavy atom. The third-order valence-electron chi connectivity index (χ3n) is 6.21. The van der Waals surface area contributed by atoms with Crippen molar-refractivity contribution in [2.45, 2.75) is 49.9 Å². The van der Waals surface area contributed by atoms with Gasteiger partial charge in [0.2, 0.25) is 0 Å². The number of halogens is 10. The van der Waals surface area contributed by atoms with Crippen LogP contribution in [0.15, 0.2) is 48.5 Å². The second-order valence-electron chi connectivity index (χ2n) is 8.77. The zero-order chi connectivity index (χ0) is 27.8. The molecule has 12 heteroatoms. The number of hydrogen-bond donors (Lipinski definition) is 0. The summed E-state index contributed by atoms with van der Waals surface area (Å²) in [6.45, 7) is 0. The fraction of sp³-hybridized carbons (Fsp3) is 0.308. The molecule has 38 heavy (non-hydrogen) atoms. The smallest absolute Gasteiger partial charge is 0.429 e. The van der Waals surface area contributed by atoms with E-state index in [0.717, 1.165) is 24.3 Å². The van der Waals surface area contributed by atoms with Crippen molar-refractivity contribution in [2.24, 2.45) is 0 Å². The summed E-state index contributed by atoms with van der Waals surface area (Å²) in [5.74, 6) is -11.3. The second-order valence-corrected chi connectivity index (χ2v) is 8.77. The molecule has 4 rings (SSSR count). The molecule has 1 aliphatic rings. The molecule has 0 saturated heterocycles. The summed E-state index contributed by atoms with van der Waals surface area (Å²) in [4.78, 5) is 0. The summed E-state index contributed by atoms with van der Waals surface area (Å²) in [7, 11) is 0. The Hall–Kier alpha value is -3.28. The van der Waals surface area contributed by atoms with Gasteiger partial charge in [0.1, 0.15) is 28.8 Å². The zero-order valence-electron chi connectivity index (χ0n) is 19.2. The maximum absolute atomic E-state index is 14.7. The molecule has 0 aliphatic heterocycles. The van der Waals surface area contributed by atoms with Gasteiger partial charge in [-0.05, 0) is 61.4 Å². The van der Waals surface area contributed by atoms with Crippen LogP contribution < -0.4 is 4.74 Å². The van der Waals surface area contributed by atoms with E-state index in [1.165, 1.54) is 0 Å². The fourth-order valence-electron chi connectivity index (χ4n) is 4.38. The van der Waals surface area contributed by atoms with Crippen molar-refractivity contribution in [3.05, 3.63) is 100 Å². The molecule has 0 N–H and O–H groups in total. The lowest BCUT2D eigenvalue weighted by Gasteiger charge is -2.31. The number of alkyl halides is 4. The van der Waals surface area contributed by atoms with Crippen molar-refractivity contribution in [3.63, 3.8) is 0 Å². The monoisotopic (exact) mass is 552 g/mol. The second kappa shape index (κ2) is 10.5. The van der Waals surface area contributed by atoms with Crippen molar-refractivity contribution in [2.75, 3.05) is 0 Å². The highest BCUT2D eigenvalue weighted by molar-refractivity contribution is 5.33. The molecule has 1 fully saturated rings. The van der Waals surface area contributed by atoms with E-state index in [1.807, 2.05) is 0 Å². The molecule has 0 spiro atoms. The summed E-state index contributed by atoms with van der Waals surface area (Å²) in [6, 6.07) is 5.39. The summed E-state index contributed by atoms with van der Waals surface area (Å²) in [5.41, 5.74) is -2.95. The van der Waals surface area contributed by atoms with Gasteiger partial charge in [-0.2, -0.15) is 17.6 Å². The first kappa shape index (κ1) is 27.7. The van der Waals surface area contributed by atoms with Crippen molar-refractivity contribution in [1.82, 2.24) is 0 Å². The van der Waals surface area contributed by atoms with Crippen LogP contribution >= 0.6 is 0 Å². The summed E-state index contributed by atoms with van der Waals surface area (Å²) in [5, 5.41) is 0. The maximum Gasteiger partial charge on any atom is 0.429 e. The van der Waals surface area contributed by atoms with Gasteiger partial charge in [-0.15, -0.1) is 0 Å². The molecule has 204 valence electrons. The van der Waals surface area contributed by atoms with Crippen molar-refractivity contribution < 1.29 is 53.4 Å². The Balaban J connectivity index is 1.45. The lowest BCUT2D eigenvalue weighted by atomic mass is 9.82. The molecular weight excluding hydrogens is 534 g/mol. The maximum atomic E-state index is 14.7. The van der Waals surface area contributed by atoms with Crippen LogP contribution in [0.3, 0.4) is 0 Å². The predicted molar refractivity (Wildman–Crippen MR) is 114 cm³/mol. The van der Waals surface area contributed by atoms with Gasteiger partial charge in [0.25, 0.3) is 0 Å². The van der Waals surface area contributed by atoms with Crippen molar-refractivity contribution in [3.8, 4) is 5.75 Å². The number of rotatable bonds is 7. The number of benzene rings is 3. The molecule has 0 heterocycles. The molecule has 0 bridgehead atoms. The molecule has 0 radical (unpaired) electrons. The molecule has 0 atom stereocenters. The van der Waals surface area contributed by atoms with E-state index in [1.54, 1.807) is 0 Å². The summed E-state index contributed by atoms with van der Waals surface area (Å²) >= 11 is 0. The highest BCUT2D eigenvalue weighted by Gasteiger charge is 2.44. The van der Waals surface area contributed by atoms with Gasteiger partial charge >= 0.3 is 12.2 Å². The normalized spacial score (nSPS) is 18.5. The standard InChI is InChI=1S/C26H18F10O2/c27-18-4-2-1-3-17(18)25(33,34)38-16-11-19(28)23(20(29)12-16)26(35,36)37-15-7-5-13(6-8-15)14-9-21(30)24(32)22(31)10-14/h1-4,9-13,15H,5-8H2. The van der Waals surface area contributed by atoms with Crippen LogP contribution in [0.1, 0.15) is 48.3 Å². The molecule has 0 amide bonds. The molecule has 3 aromatic rings. The van der Waals surface area contributed by atoms with Crippen LogP contribution in [-0.4, -0.2) is 6.10 Å². The van der Waals surface area contributed by atoms with Gasteiger partial charge in [0, 0.05) is 12.1 Å². The zero-order valence-corrected chi connectivity index (χ0v) is 19.2. The van der Waals surface area contributed by atoms with E-state index in [4.69, 9.17) is 0 Å². The minimum atomic E-state index is -4.52. The first-order valence-electron chi connectivity index (χ1n) is 11.3. The van der Waals surface area contributed by atoms with Crippen LogP contribution in [0.2, 0.25) is 0 Å². The van der Waals surface area contributed by atoms with Crippen LogP contribution in [0.4, 0.5) is 43.9 Å². The average Bonchev–Trinajstić information content (AvgIpc) is 2.81. The molecular formula is C26H18F10O2. The van der Waals surface area contributed by atoms with E-state index in [2.05, 4.69) is 9.47 Å². The summed E-state index contributed by atoms with van der Waals surface area (Å²) < 4.78 is 150. The van der Waals surface area contributed by atoms with E-state index < -0.39 is 76.0 Å². The van der Waals surface area contributed by atoms with Gasteiger partial charge in [-0.1, -0.05) is 12.1 Å². The first-order valence-corrected chi connectivity index (χ1v) is 11.3. The van der Waals surface area contributed by atoms with Gasteiger partial charge in [-0.3, -0.25) is 0 Å².